The minimum Gasteiger partial charge on any atom is -0.353 e. The molecular weight excluding hydrogens is 248 g/mol. The first-order chi connectivity index (χ1) is 8.72. The van der Waals surface area contributed by atoms with Gasteiger partial charge >= 0.3 is 0 Å². The van der Waals surface area contributed by atoms with Gasteiger partial charge in [0.05, 0.1) is 23.1 Å². The minimum absolute atomic E-state index is 0.340. The first-order valence-corrected chi connectivity index (χ1v) is 5.43. The Morgan fingerprint density at radius 2 is 1.94 bits per heavy atom. The van der Waals surface area contributed by atoms with Crippen LogP contribution < -0.4 is 5.32 Å². The molecule has 1 N–H and O–H groups in total. The molecule has 0 bridgehead atoms. The number of aromatic nitrogens is 1. The third-order valence-electron chi connectivity index (χ3n) is 2.26. The van der Waals surface area contributed by atoms with E-state index in [9.17, 15) is 0 Å². The zero-order chi connectivity index (χ0) is 13.0. The van der Waals surface area contributed by atoms with Gasteiger partial charge in [0.15, 0.2) is 0 Å². The fourth-order valence-corrected chi connectivity index (χ4v) is 1.58. The van der Waals surface area contributed by atoms with Crippen molar-refractivity contribution in [3.05, 3.63) is 52.8 Å². The average Bonchev–Trinajstić information content (AvgIpc) is 2.40. The van der Waals surface area contributed by atoms with E-state index in [0.29, 0.717) is 27.7 Å². The Balaban J connectivity index is 2.31. The monoisotopic (exact) mass is 254 g/mol. The lowest BCUT2D eigenvalue weighted by Crippen LogP contribution is -1.94. The van der Waals surface area contributed by atoms with Crippen molar-refractivity contribution in [3.63, 3.8) is 0 Å². The highest BCUT2D eigenvalue weighted by molar-refractivity contribution is 6.30. The molecule has 0 fully saturated rings. The van der Waals surface area contributed by atoms with Crippen molar-refractivity contribution in [3.8, 4) is 12.1 Å². The average molecular weight is 255 g/mol. The van der Waals surface area contributed by atoms with Crippen LogP contribution in [0.3, 0.4) is 0 Å². The standard InChI is InChI=1S/C13H7ClN4/c14-10-2-1-9(6-15)13(5-10)18-12-4-3-11(7-16)17-8-12/h1-5,8,18H. The van der Waals surface area contributed by atoms with Crippen LogP contribution in [0.15, 0.2) is 36.5 Å². The maximum atomic E-state index is 8.98. The molecule has 2 aromatic rings. The molecule has 0 aliphatic heterocycles. The molecule has 0 spiro atoms. The van der Waals surface area contributed by atoms with Crippen molar-refractivity contribution in [1.82, 2.24) is 4.98 Å². The van der Waals surface area contributed by atoms with Crippen molar-refractivity contribution < 1.29 is 0 Å². The lowest BCUT2D eigenvalue weighted by molar-refractivity contribution is 1.26. The Labute approximate surface area is 109 Å². The highest BCUT2D eigenvalue weighted by Crippen LogP contribution is 2.23. The van der Waals surface area contributed by atoms with E-state index in [1.54, 1.807) is 30.3 Å². The number of nitrogens with zero attached hydrogens (tertiary/aromatic N) is 3. The molecule has 4 nitrogen and oxygen atoms in total. The number of pyridine rings is 1. The first-order valence-electron chi connectivity index (χ1n) is 5.06. The predicted molar refractivity (Wildman–Crippen MR) is 68.4 cm³/mol. The van der Waals surface area contributed by atoms with Crippen LogP contribution in [-0.4, -0.2) is 4.98 Å². The van der Waals surface area contributed by atoms with Crippen molar-refractivity contribution in [2.24, 2.45) is 0 Å². The van der Waals surface area contributed by atoms with Crippen molar-refractivity contribution >= 4 is 23.0 Å². The number of nitriles is 2. The number of rotatable bonds is 2. The summed E-state index contributed by atoms with van der Waals surface area (Å²) in [4.78, 5) is 3.93. The molecule has 86 valence electrons. The van der Waals surface area contributed by atoms with Gasteiger partial charge in [0.25, 0.3) is 0 Å². The lowest BCUT2D eigenvalue weighted by Gasteiger charge is -2.08. The van der Waals surface area contributed by atoms with E-state index >= 15 is 0 Å². The van der Waals surface area contributed by atoms with Crippen LogP contribution in [-0.2, 0) is 0 Å². The molecule has 0 aliphatic rings. The number of halogens is 1. The van der Waals surface area contributed by atoms with Gasteiger partial charge in [-0.3, -0.25) is 0 Å². The first kappa shape index (κ1) is 11.9. The van der Waals surface area contributed by atoms with Gasteiger partial charge in [-0.2, -0.15) is 10.5 Å². The summed E-state index contributed by atoms with van der Waals surface area (Å²) >= 11 is 5.88. The Kier molecular flexibility index (Phi) is 3.43. The molecule has 0 saturated carbocycles. The Morgan fingerprint density at radius 1 is 1.11 bits per heavy atom. The summed E-state index contributed by atoms with van der Waals surface area (Å²) in [5.74, 6) is 0. The number of anilines is 2. The van der Waals surface area contributed by atoms with E-state index < -0.39 is 0 Å². The van der Waals surface area contributed by atoms with Crippen molar-refractivity contribution in [2.75, 3.05) is 5.32 Å². The van der Waals surface area contributed by atoms with Crippen molar-refractivity contribution in [1.29, 1.82) is 10.5 Å². The third kappa shape index (κ3) is 2.57. The molecule has 0 atom stereocenters. The van der Waals surface area contributed by atoms with Crippen LogP contribution in [0.4, 0.5) is 11.4 Å². The van der Waals surface area contributed by atoms with Crippen LogP contribution in [0.5, 0.6) is 0 Å². The molecule has 0 saturated heterocycles. The Hall–Kier alpha value is -2.56. The fourth-order valence-electron chi connectivity index (χ4n) is 1.41. The predicted octanol–water partition coefficient (Wildman–Crippen LogP) is 3.22. The zero-order valence-corrected chi connectivity index (χ0v) is 9.94. The third-order valence-corrected chi connectivity index (χ3v) is 2.49. The molecule has 5 heteroatoms. The number of hydrogen-bond donors (Lipinski definition) is 1. The summed E-state index contributed by atoms with van der Waals surface area (Å²) in [6.07, 6.45) is 1.53. The molecule has 1 aromatic heterocycles. The second-order valence-corrected chi connectivity index (χ2v) is 3.91. The lowest BCUT2D eigenvalue weighted by atomic mass is 10.2. The van der Waals surface area contributed by atoms with Gasteiger partial charge in [-0.25, -0.2) is 4.98 Å². The largest absolute Gasteiger partial charge is 0.353 e. The topological polar surface area (TPSA) is 72.5 Å². The van der Waals surface area contributed by atoms with E-state index in [0.717, 1.165) is 0 Å². The molecule has 0 aliphatic carbocycles. The van der Waals surface area contributed by atoms with Crippen LogP contribution in [0, 0.1) is 22.7 Å². The molecule has 18 heavy (non-hydrogen) atoms. The Morgan fingerprint density at radius 3 is 2.56 bits per heavy atom. The van der Waals surface area contributed by atoms with E-state index in [4.69, 9.17) is 22.1 Å². The smallest absolute Gasteiger partial charge is 0.140 e. The zero-order valence-electron chi connectivity index (χ0n) is 9.18. The van der Waals surface area contributed by atoms with E-state index in [1.165, 1.54) is 6.20 Å². The summed E-state index contributed by atoms with van der Waals surface area (Å²) < 4.78 is 0. The summed E-state index contributed by atoms with van der Waals surface area (Å²) in [7, 11) is 0. The number of hydrogen-bond acceptors (Lipinski definition) is 4. The molecule has 0 amide bonds. The Bertz CT molecular complexity index is 650. The molecule has 2 rings (SSSR count). The second-order valence-electron chi connectivity index (χ2n) is 3.47. The van der Waals surface area contributed by atoms with Gasteiger partial charge in [-0.05, 0) is 30.3 Å². The molecule has 1 aromatic carbocycles. The van der Waals surface area contributed by atoms with Gasteiger partial charge < -0.3 is 5.32 Å². The highest BCUT2D eigenvalue weighted by atomic mass is 35.5. The molecule has 0 unspecified atom stereocenters. The molecular formula is C13H7ClN4. The van der Waals surface area contributed by atoms with Gasteiger partial charge in [-0.1, -0.05) is 11.6 Å². The fraction of sp³-hybridized carbons (Fsp3) is 0. The summed E-state index contributed by atoms with van der Waals surface area (Å²) in [5, 5.41) is 21.2. The van der Waals surface area contributed by atoms with Crippen LogP contribution in [0.25, 0.3) is 0 Å². The molecule has 1 heterocycles. The van der Waals surface area contributed by atoms with E-state index in [-0.39, 0.29) is 0 Å². The van der Waals surface area contributed by atoms with Gasteiger partial charge in [0.1, 0.15) is 17.8 Å². The number of nitrogens with one attached hydrogen (secondary N) is 1. The maximum absolute atomic E-state index is 8.98. The van der Waals surface area contributed by atoms with Gasteiger partial charge in [0, 0.05) is 5.02 Å². The molecule has 0 radical (unpaired) electrons. The van der Waals surface area contributed by atoms with Crippen LogP contribution in [0.2, 0.25) is 5.02 Å². The number of benzene rings is 1. The van der Waals surface area contributed by atoms with Crippen molar-refractivity contribution in [2.45, 2.75) is 0 Å². The van der Waals surface area contributed by atoms with Gasteiger partial charge in [0.2, 0.25) is 0 Å². The summed E-state index contributed by atoms with van der Waals surface area (Å²) in [6, 6.07) is 12.3. The van der Waals surface area contributed by atoms with E-state index in [2.05, 4.69) is 16.4 Å². The highest BCUT2D eigenvalue weighted by Gasteiger charge is 2.03. The quantitative estimate of drug-likeness (QED) is 0.893. The van der Waals surface area contributed by atoms with Gasteiger partial charge in [-0.15, -0.1) is 0 Å². The minimum atomic E-state index is 0.340. The summed E-state index contributed by atoms with van der Waals surface area (Å²) in [5.41, 5.74) is 2.13. The normalized spacial score (nSPS) is 9.28. The SMILES string of the molecule is N#Cc1ccc(Nc2cc(Cl)ccc2C#N)cn1. The summed E-state index contributed by atoms with van der Waals surface area (Å²) in [6.45, 7) is 0. The maximum Gasteiger partial charge on any atom is 0.140 e. The van der Waals surface area contributed by atoms with Crippen LogP contribution in [0.1, 0.15) is 11.3 Å². The van der Waals surface area contributed by atoms with E-state index in [1.807, 2.05) is 6.07 Å². The van der Waals surface area contributed by atoms with Crippen LogP contribution >= 0.6 is 11.6 Å². The second kappa shape index (κ2) is 5.18.